The van der Waals surface area contributed by atoms with Gasteiger partial charge in [0.05, 0.1) is 5.56 Å². The lowest BCUT2D eigenvalue weighted by Gasteiger charge is -2.19. The van der Waals surface area contributed by atoms with Crippen molar-refractivity contribution in [3.05, 3.63) is 65.7 Å². The topological polar surface area (TPSA) is 105 Å². The fraction of sp³-hybridized carbons (Fsp3) is 0.273. The summed E-state index contributed by atoms with van der Waals surface area (Å²) < 4.78 is 5.47. The summed E-state index contributed by atoms with van der Waals surface area (Å²) in [6.07, 6.45) is -0.0627. The Balaban J connectivity index is 1.80. The number of nitrogens with one attached hydrogen (secondary N) is 2. The normalized spacial score (nSPS) is 14.2. The predicted molar refractivity (Wildman–Crippen MR) is 110 cm³/mol. The molecule has 3 rings (SSSR count). The highest BCUT2D eigenvalue weighted by Gasteiger charge is 2.28. The number of carbonyl (C=O) groups excluding carboxylic acids is 4. The van der Waals surface area contributed by atoms with Gasteiger partial charge in [0, 0.05) is 30.8 Å². The standard InChI is InChI=1S/C22H23N3O5/c1-2-23-22(29)24-20(27)19(15-8-4-3-5-9-15)30-21(28)16-10-6-11-17(14-16)25-13-7-12-18(25)26/h3-6,8-11,14,19H,2,7,12-13H2,1H3,(H2,23,24,27,29)/t19-/m0/s1. The lowest BCUT2D eigenvalue weighted by atomic mass is 10.1. The van der Waals surface area contributed by atoms with E-state index in [0.29, 0.717) is 30.8 Å². The Morgan fingerprint density at radius 3 is 2.53 bits per heavy atom. The molecule has 2 aromatic carbocycles. The third-order valence-electron chi connectivity index (χ3n) is 4.61. The molecule has 1 heterocycles. The largest absolute Gasteiger partial charge is 0.444 e. The van der Waals surface area contributed by atoms with Crippen LogP contribution in [0.1, 0.15) is 41.8 Å². The Morgan fingerprint density at radius 2 is 1.87 bits per heavy atom. The van der Waals surface area contributed by atoms with E-state index in [1.54, 1.807) is 66.4 Å². The Bertz CT molecular complexity index is 945. The number of hydrogen-bond donors (Lipinski definition) is 2. The van der Waals surface area contributed by atoms with Crippen molar-refractivity contribution < 1.29 is 23.9 Å². The van der Waals surface area contributed by atoms with Crippen molar-refractivity contribution in [1.82, 2.24) is 10.6 Å². The summed E-state index contributed by atoms with van der Waals surface area (Å²) in [7, 11) is 0. The fourth-order valence-corrected chi connectivity index (χ4v) is 3.18. The molecule has 1 saturated heterocycles. The Labute approximate surface area is 174 Å². The lowest BCUT2D eigenvalue weighted by Crippen LogP contribution is -2.42. The van der Waals surface area contributed by atoms with Gasteiger partial charge in [-0.15, -0.1) is 0 Å². The molecular weight excluding hydrogens is 386 g/mol. The highest BCUT2D eigenvalue weighted by Crippen LogP contribution is 2.24. The lowest BCUT2D eigenvalue weighted by molar-refractivity contribution is -0.129. The van der Waals surface area contributed by atoms with Crippen molar-refractivity contribution in [3.8, 4) is 0 Å². The maximum absolute atomic E-state index is 12.8. The van der Waals surface area contributed by atoms with Gasteiger partial charge < -0.3 is 15.0 Å². The number of carbonyl (C=O) groups is 4. The second-order valence-electron chi connectivity index (χ2n) is 6.74. The van der Waals surface area contributed by atoms with Crippen LogP contribution >= 0.6 is 0 Å². The number of rotatable bonds is 6. The van der Waals surface area contributed by atoms with E-state index in [-0.39, 0.29) is 11.5 Å². The number of hydrogen-bond acceptors (Lipinski definition) is 5. The van der Waals surface area contributed by atoms with Crippen LogP contribution in [-0.4, -0.2) is 36.9 Å². The van der Waals surface area contributed by atoms with Crippen LogP contribution in [0, 0.1) is 0 Å². The van der Waals surface area contributed by atoms with E-state index in [4.69, 9.17) is 4.74 Å². The Hall–Kier alpha value is -3.68. The summed E-state index contributed by atoms with van der Waals surface area (Å²) >= 11 is 0. The zero-order valence-corrected chi connectivity index (χ0v) is 16.6. The van der Waals surface area contributed by atoms with Gasteiger partial charge in [-0.2, -0.15) is 0 Å². The van der Waals surface area contributed by atoms with Gasteiger partial charge in [-0.3, -0.25) is 14.9 Å². The summed E-state index contributed by atoms with van der Waals surface area (Å²) in [5.74, 6) is -1.49. The minimum Gasteiger partial charge on any atom is -0.444 e. The summed E-state index contributed by atoms with van der Waals surface area (Å²) in [4.78, 5) is 50.7. The first-order valence-corrected chi connectivity index (χ1v) is 9.74. The first-order chi connectivity index (χ1) is 14.5. The zero-order chi connectivity index (χ0) is 21.5. The van der Waals surface area contributed by atoms with Crippen molar-refractivity contribution in [2.45, 2.75) is 25.9 Å². The fourth-order valence-electron chi connectivity index (χ4n) is 3.18. The highest BCUT2D eigenvalue weighted by molar-refractivity contribution is 6.00. The summed E-state index contributed by atoms with van der Waals surface area (Å²) in [5, 5.41) is 4.64. The Morgan fingerprint density at radius 1 is 1.10 bits per heavy atom. The van der Waals surface area contributed by atoms with Crippen LogP contribution < -0.4 is 15.5 Å². The van der Waals surface area contributed by atoms with E-state index in [1.165, 1.54) is 0 Å². The van der Waals surface area contributed by atoms with Crippen LogP contribution in [0.2, 0.25) is 0 Å². The maximum atomic E-state index is 12.8. The van der Waals surface area contributed by atoms with Crippen molar-refractivity contribution >= 4 is 29.5 Å². The summed E-state index contributed by atoms with van der Waals surface area (Å²) in [6, 6.07) is 14.3. The van der Waals surface area contributed by atoms with Gasteiger partial charge in [0.25, 0.3) is 5.91 Å². The number of benzene rings is 2. The molecule has 0 aliphatic carbocycles. The first-order valence-electron chi connectivity index (χ1n) is 9.74. The van der Waals surface area contributed by atoms with E-state index in [0.717, 1.165) is 6.42 Å². The van der Waals surface area contributed by atoms with Crippen molar-refractivity contribution in [1.29, 1.82) is 0 Å². The van der Waals surface area contributed by atoms with Gasteiger partial charge in [0.2, 0.25) is 12.0 Å². The molecular formula is C22H23N3O5. The number of amides is 4. The molecule has 0 spiro atoms. The molecule has 1 aliphatic heterocycles. The van der Waals surface area contributed by atoms with Crippen LogP contribution in [-0.2, 0) is 14.3 Å². The number of esters is 1. The predicted octanol–water partition coefficient (Wildman–Crippen LogP) is 2.56. The molecule has 1 atom stereocenters. The number of ether oxygens (including phenoxy) is 1. The van der Waals surface area contributed by atoms with E-state index >= 15 is 0 Å². The second kappa shape index (κ2) is 9.69. The van der Waals surface area contributed by atoms with Crippen molar-refractivity contribution in [2.75, 3.05) is 18.0 Å². The molecule has 30 heavy (non-hydrogen) atoms. The smallest absolute Gasteiger partial charge is 0.339 e. The Kier molecular flexibility index (Phi) is 6.79. The van der Waals surface area contributed by atoms with E-state index in [9.17, 15) is 19.2 Å². The summed E-state index contributed by atoms with van der Waals surface area (Å²) in [6.45, 7) is 2.66. The van der Waals surface area contributed by atoms with Gasteiger partial charge in [-0.05, 0) is 31.5 Å². The molecule has 0 saturated carbocycles. The number of anilines is 1. The molecule has 8 nitrogen and oxygen atoms in total. The second-order valence-corrected chi connectivity index (χ2v) is 6.74. The molecule has 1 aliphatic rings. The molecule has 0 bridgehead atoms. The SMILES string of the molecule is CCNC(=O)NC(=O)[C@@H](OC(=O)c1cccc(N2CCCC2=O)c1)c1ccccc1. The molecule has 0 unspecified atom stereocenters. The van der Waals surface area contributed by atoms with Gasteiger partial charge in [0.15, 0.2) is 0 Å². The van der Waals surface area contributed by atoms with Gasteiger partial charge >= 0.3 is 12.0 Å². The van der Waals surface area contributed by atoms with Crippen molar-refractivity contribution in [3.63, 3.8) is 0 Å². The molecule has 0 aromatic heterocycles. The average molecular weight is 409 g/mol. The third-order valence-corrected chi connectivity index (χ3v) is 4.61. The van der Waals surface area contributed by atoms with E-state index < -0.39 is 24.0 Å². The molecule has 4 amide bonds. The average Bonchev–Trinajstić information content (AvgIpc) is 3.18. The highest BCUT2D eigenvalue weighted by atomic mass is 16.5. The summed E-state index contributed by atoms with van der Waals surface area (Å²) in [5.41, 5.74) is 1.24. The van der Waals surface area contributed by atoms with Crippen LogP contribution in [0.5, 0.6) is 0 Å². The molecule has 1 fully saturated rings. The molecule has 2 N–H and O–H groups in total. The van der Waals surface area contributed by atoms with Gasteiger partial charge in [-0.25, -0.2) is 9.59 Å². The molecule has 156 valence electrons. The van der Waals surface area contributed by atoms with Crippen molar-refractivity contribution in [2.24, 2.45) is 0 Å². The van der Waals surface area contributed by atoms with E-state index in [1.807, 2.05) is 0 Å². The first kappa shape index (κ1) is 21.0. The zero-order valence-electron chi connectivity index (χ0n) is 16.6. The minimum absolute atomic E-state index is 0.00370. The monoisotopic (exact) mass is 409 g/mol. The molecule has 0 radical (unpaired) electrons. The van der Waals surface area contributed by atoms with Crippen LogP contribution in [0.3, 0.4) is 0 Å². The minimum atomic E-state index is -1.31. The quantitative estimate of drug-likeness (QED) is 0.714. The molecule has 2 aromatic rings. The number of imide groups is 1. The van der Waals surface area contributed by atoms with E-state index in [2.05, 4.69) is 10.6 Å². The third kappa shape index (κ3) is 5.02. The number of nitrogens with zero attached hydrogens (tertiary/aromatic N) is 1. The molecule has 8 heteroatoms. The van der Waals surface area contributed by atoms with Gasteiger partial charge in [-0.1, -0.05) is 36.4 Å². The van der Waals surface area contributed by atoms with Crippen LogP contribution in [0.25, 0.3) is 0 Å². The van der Waals surface area contributed by atoms with Gasteiger partial charge in [0.1, 0.15) is 0 Å². The number of urea groups is 1. The van der Waals surface area contributed by atoms with Crippen LogP contribution in [0.4, 0.5) is 10.5 Å². The van der Waals surface area contributed by atoms with Crippen LogP contribution in [0.15, 0.2) is 54.6 Å². The maximum Gasteiger partial charge on any atom is 0.339 e.